The molecule has 0 radical (unpaired) electrons. The van der Waals surface area contributed by atoms with Gasteiger partial charge in [0.05, 0.1) is 11.1 Å². The van der Waals surface area contributed by atoms with Gasteiger partial charge in [0.25, 0.3) is 0 Å². The standard InChI is InChI=1S/C51H36N2O/c1-2-16-34(17-3-1)46-32-47(36-30-29-33-15-4-5-18-35(33)31-36)53-50(52-46)41-22-7-6-19-37(41)40-23-14-27-45-49(40)54-48-28-13-12-26-44(48)51(45)42-24-10-8-20-38(42)39-21-9-11-25-43(39)51/h1-25,27-32,44,50,53H,26H2. The molecule has 0 fully saturated rings. The third kappa shape index (κ3) is 4.58. The molecule has 2 atom stereocenters. The van der Waals surface area contributed by atoms with E-state index in [-0.39, 0.29) is 12.1 Å². The van der Waals surface area contributed by atoms with Gasteiger partial charge in [0.2, 0.25) is 0 Å². The average Bonchev–Trinajstić information content (AvgIpc) is 3.54. The monoisotopic (exact) mass is 692 g/mol. The highest BCUT2D eigenvalue weighted by Crippen LogP contribution is 2.64. The van der Waals surface area contributed by atoms with Crippen molar-refractivity contribution in [2.45, 2.75) is 18.0 Å². The Labute approximate surface area is 315 Å². The third-order valence-electron chi connectivity index (χ3n) is 11.8. The van der Waals surface area contributed by atoms with E-state index in [0.29, 0.717) is 0 Å². The van der Waals surface area contributed by atoms with Gasteiger partial charge in [-0.1, -0.05) is 170 Å². The van der Waals surface area contributed by atoms with Gasteiger partial charge in [-0.2, -0.15) is 0 Å². The lowest BCUT2D eigenvalue weighted by Gasteiger charge is -2.46. The van der Waals surface area contributed by atoms with E-state index < -0.39 is 5.41 Å². The maximum atomic E-state index is 7.14. The Bertz CT molecular complexity index is 2720. The van der Waals surface area contributed by atoms with Crippen LogP contribution < -0.4 is 10.1 Å². The van der Waals surface area contributed by atoms with Crippen molar-refractivity contribution in [1.82, 2.24) is 5.32 Å². The lowest BCUT2D eigenvalue weighted by molar-refractivity contribution is 0.254. The van der Waals surface area contributed by atoms with Crippen molar-refractivity contribution in [2.24, 2.45) is 10.9 Å². The lowest BCUT2D eigenvalue weighted by Crippen LogP contribution is -2.42. The van der Waals surface area contributed by atoms with Crippen LogP contribution in [0.3, 0.4) is 0 Å². The van der Waals surface area contributed by atoms with Crippen molar-refractivity contribution in [2.75, 3.05) is 0 Å². The summed E-state index contributed by atoms with van der Waals surface area (Å²) in [5.41, 5.74) is 13.6. The second-order valence-corrected chi connectivity index (χ2v) is 14.6. The van der Waals surface area contributed by atoms with Crippen molar-refractivity contribution in [3.05, 3.63) is 227 Å². The molecule has 7 aromatic rings. The van der Waals surface area contributed by atoms with Crippen LogP contribution in [0, 0.1) is 5.92 Å². The largest absolute Gasteiger partial charge is 0.460 e. The highest BCUT2D eigenvalue weighted by atomic mass is 16.5. The minimum atomic E-state index is -0.393. The van der Waals surface area contributed by atoms with Gasteiger partial charge in [-0.15, -0.1) is 0 Å². The molecule has 3 heteroatoms. The smallest absolute Gasteiger partial charge is 0.146 e. The number of hydrogen-bond acceptors (Lipinski definition) is 3. The minimum absolute atomic E-state index is 0.137. The van der Waals surface area contributed by atoms with Crippen LogP contribution in [0.5, 0.6) is 5.75 Å². The van der Waals surface area contributed by atoms with E-state index in [1.54, 1.807) is 0 Å². The van der Waals surface area contributed by atoms with Gasteiger partial charge in [-0.3, -0.25) is 4.99 Å². The summed E-state index contributed by atoms with van der Waals surface area (Å²) in [5, 5.41) is 6.31. The van der Waals surface area contributed by atoms with Gasteiger partial charge in [-0.05, 0) is 74.4 Å². The molecule has 1 N–H and O–H groups in total. The molecule has 2 aliphatic carbocycles. The first-order valence-electron chi connectivity index (χ1n) is 18.8. The summed E-state index contributed by atoms with van der Waals surface area (Å²) in [6, 6.07) is 59.1. The van der Waals surface area contributed by atoms with Gasteiger partial charge >= 0.3 is 0 Å². The first kappa shape index (κ1) is 30.9. The molecule has 11 rings (SSSR count). The van der Waals surface area contributed by atoms with Crippen molar-refractivity contribution in [3.8, 4) is 28.0 Å². The summed E-state index contributed by atoms with van der Waals surface area (Å²) in [7, 11) is 0. The molecule has 7 aromatic carbocycles. The Hall–Kier alpha value is -6.71. The summed E-state index contributed by atoms with van der Waals surface area (Å²) in [6.07, 6.45) is 9.39. The van der Waals surface area contributed by atoms with Gasteiger partial charge in [0.15, 0.2) is 0 Å². The Kier molecular flexibility index (Phi) is 6.96. The highest BCUT2D eigenvalue weighted by Gasteiger charge is 2.55. The van der Waals surface area contributed by atoms with E-state index in [1.807, 2.05) is 0 Å². The molecule has 2 aliphatic heterocycles. The maximum Gasteiger partial charge on any atom is 0.146 e. The van der Waals surface area contributed by atoms with Crippen molar-refractivity contribution in [3.63, 3.8) is 0 Å². The molecule has 4 aliphatic rings. The zero-order valence-corrected chi connectivity index (χ0v) is 29.6. The topological polar surface area (TPSA) is 33.6 Å². The summed E-state index contributed by atoms with van der Waals surface area (Å²) in [6.45, 7) is 0. The van der Waals surface area contributed by atoms with E-state index in [4.69, 9.17) is 9.73 Å². The second-order valence-electron chi connectivity index (χ2n) is 14.6. The predicted octanol–water partition coefficient (Wildman–Crippen LogP) is 11.8. The maximum absolute atomic E-state index is 7.14. The molecule has 3 nitrogen and oxygen atoms in total. The molecule has 2 heterocycles. The molecule has 1 spiro atoms. The van der Waals surface area contributed by atoms with Crippen LogP contribution in [0.25, 0.3) is 38.7 Å². The van der Waals surface area contributed by atoms with Gasteiger partial charge in [-0.25, -0.2) is 0 Å². The van der Waals surface area contributed by atoms with Crippen LogP contribution in [-0.2, 0) is 5.41 Å². The normalized spacial score (nSPS) is 18.6. The molecule has 0 saturated carbocycles. The van der Waals surface area contributed by atoms with Crippen LogP contribution in [0.15, 0.2) is 199 Å². The van der Waals surface area contributed by atoms with Gasteiger partial charge < -0.3 is 10.1 Å². The van der Waals surface area contributed by atoms with E-state index in [1.165, 1.54) is 38.6 Å². The van der Waals surface area contributed by atoms with Crippen molar-refractivity contribution in [1.29, 1.82) is 0 Å². The predicted molar refractivity (Wildman–Crippen MR) is 220 cm³/mol. The number of para-hydroxylation sites is 1. The zero-order chi connectivity index (χ0) is 35.6. The third-order valence-corrected chi connectivity index (χ3v) is 11.8. The fourth-order valence-corrected chi connectivity index (χ4v) is 9.47. The first-order valence-corrected chi connectivity index (χ1v) is 18.8. The Morgan fingerprint density at radius 3 is 2.06 bits per heavy atom. The number of aliphatic imine (C=N–C) groups is 1. The quantitative estimate of drug-likeness (QED) is 0.199. The number of hydrogen-bond donors (Lipinski definition) is 1. The molecule has 0 aromatic heterocycles. The van der Waals surface area contributed by atoms with E-state index in [9.17, 15) is 0 Å². The fraction of sp³-hybridized carbons (Fsp3) is 0.0784. The van der Waals surface area contributed by atoms with Crippen LogP contribution in [-0.4, -0.2) is 5.71 Å². The van der Waals surface area contributed by atoms with Crippen LogP contribution in [0.2, 0.25) is 0 Å². The molecular formula is C51H36N2O. The highest BCUT2D eigenvalue weighted by molar-refractivity contribution is 6.13. The molecule has 256 valence electrons. The number of benzene rings is 7. The molecule has 0 saturated heterocycles. The minimum Gasteiger partial charge on any atom is -0.460 e. The zero-order valence-electron chi connectivity index (χ0n) is 29.6. The molecule has 54 heavy (non-hydrogen) atoms. The second kappa shape index (κ2) is 12.2. The number of rotatable bonds is 4. The Morgan fingerprint density at radius 2 is 1.24 bits per heavy atom. The Balaban J connectivity index is 1.10. The average molecular weight is 693 g/mol. The van der Waals surface area contributed by atoms with Gasteiger partial charge in [0.1, 0.15) is 17.7 Å². The molecule has 2 unspecified atom stereocenters. The molecular weight excluding hydrogens is 657 g/mol. The van der Waals surface area contributed by atoms with Crippen LogP contribution in [0.4, 0.5) is 0 Å². The van der Waals surface area contributed by atoms with E-state index in [0.717, 1.165) is 57.2 Å². The van der Waals surface area contributed by atoms with E-state index in [2.05, 4.69) is 193 Å². The lowest BCUT2D eigenvalue weighted by atomic mass is 9.60. The van der Waals surface area contributed by atoms with Crippen molar-refractivity contribution >= 4 is 22.2 Å². The van der Waals surface area contributed by atoms with Crippen LogP contribution >= 0.6 is 0 Å². The van der Waals surface area contributed by atoms with Crippen molar-refractivity contribution < 1.29 is 4.74 Å². The number of ether oxygens (including phenoxy) is 1. The molecule has 0 bridgehead atoms. The Morgan fingerprint density at radius 1 is 0.574 bits per heavy atom. The number of nitrogens with one attached hydrogen (secondary N) is 1. The summed E-state index contributed by atoms with van der Waals surface area (Å²) in [4.78, 5) is 5.42. The fourth-order valence-electron chi connectivity index (χ4n) is 9.47. The summed E-state index contributed by atoms with van der Waals surface area (Å²) in [5.74, 6) is 2.07. The summed E-state index contributed by atoms with van der Waals surface area (Å²) < 4.78 is 7.14. The number of allylic oxidation sites excluding steroid dienone is 5. The van der Waals surface area contributed by atoms with Gasteiger partial charge in [0, 0.05) is 28.3 Å². The summed E-state index contributed by atoms with van der Waals surface area (Å²) >= 11 is 0. The number of nitrogens with zero attached hydrogens (tertiary/aromatic N) is 1. The van der Waals surface area contributed by atoms with Crippen LogP contribution in [0.1, 0.15) is 46.0 Å². The number of fused-ring (bicyclic) bond motifs is 10. The first-order chi connectivity index (χ1) is 26.8. The SMILES string of the molecule is C1=CCC2C(=C1)Oc1c(-c3ccccc3C3N=C(c4ccccc4)C=C(c4ccc5ccccc5c4)N3)cccc1C21c2ccccc2-c2ccccc21. The molecule has 0 amide bonds. The van der Waals surface area contributed by atoms with E-state index >= 15 is 0 Å².